The number of rotatable bonds is 5. The zero-order valence-corrected chi connectivity index (χ0v) is 30.0. The van der Waals surface area contributed by atoms with Gasteiger partial charge in [0.2, 0.25) is 0 Å². The van der Waals surface area contributed by atoms with Crippen LogP contribution < -0.4 is 4.90 Å². The van der Waals surface area contributed by atoms with E-state index in [-0.39, 0.29) is 5.41 Å². The maximum atomic E-state index is 6.45. The Morgan fingerprint density at radius 3 is 1.69 bits per heavy atom. The van der Waals surface area contributed by atoms with Crippen LogP contribution in [0.2, 0.25) is 0 Å². The fourth-order valence-corrected chi connectivity index (χ4v) is 8.86. The molecule has 3 heteroatoms. The summed E-state index contributed by atoms with van der Waals surface area (Å²) < 4.78 is 12.7. The van der Waals surface area contributed by atoms with Crippen LogP contribution in [-0.4, -0.2) is 0 Å². The van der Waals surface area contributed by atoms with Crippen molar-refractivity contribution < 1.29 is 8.83 Å². The predicted molar refractivity (Wildman–Crippen MR) is 224 cm³/mol. The number of hydrogen-bond donors (Lipinski definition) is 0. The van der Waals surface area contributed by atoms with Crippen LogP contribution in [0.4, 0.5) is 17.1 Å². The maximum absolute atomic E-state index is 6.45. The molecule has 2 aromatic heterocycles. The van der Waals surface area contributed by atoms with E-state index >= 15 is 0 Å². The van der Waals surface area contributed by atoms with E-state index < -0.39 is 0 Å². The molecule has 2 heterocycles. The standard InChI is InChI=1S/C51H35NO2/c1-51(2)43-17-7-3-15-42(43)50-41(16-11-18-44(50)51)36-12-4-8-19-45(36)52(35-27-29-40-38-14-6-10-21-47(38)54-49(40)31-35)34-25-22-32(23-26-34)33-24-28-39-37-13-5-9-20-46(37)53-48(39)30-33/h3-31H,1-2H3. The number of nitrogens with zero attached hydrogens (tertiary/aromatic N) is 1. The first-order valence-electron chi connectivity index (χ1n) is 18.6. The van der Waals surface area contributed by atoms with E-state index in [1.807, 2.05) is 24.3 Å². The van der Waals surface area contributed by atoms with E-state index in [1.54, 1.807) is 0 Å². The summed E-state index contributed by atoms with van der Waals surface area (Å²) in [6, 6.07) is 63.0. The second kappa shape index (κ2) is 11.6. The molecule has 0 fully saturated rings. The average Bonchev–Trinajstić information content (AvgIpc) is 3.85. The van der Waals surface area contributed by atoms with E-state index in [1.165, 1.54) is 33.4 Å². The van der Waals surface area contributed by atoms with Crippen molar-refractivity contribution >= 4 is 60.9 Å². The molecule has 0 atom stereocenters. The Hall–Kier alpha value is -6.84. The van der Waals surface area contributed by atoms with Crippen molar-refractivity contribution in [3.63, 3.8) is 0 Å². The molecule has 1 aliphatic carbocycles. The van der Waals surface area contributed by atoms with Gasteiger partial charge in [0, 0.05) is 50.0 Å². The van der Waals surface area contributed by atoms with Gasteiger partial charge in [-0.25, -0.2) is 0 Å². The lowest BCUT2D eigenvalue weighted by atomic mass is 9.82. The Morgan fingerprint density at radius 1 is 0.389 bits per heavy atom. The molecule has 8 aromatic carbocycles. The Labute approximate surface area is 313 Å². The fourth-order valence-electron chi connectivity index (χ4n) is 8.86. The molecule has 0 bridgehead atoms. The molecule has 0 N–H and O–H groups in total. The van der Waals surface area contributed by atoms with Gasteiger partial charge < -0.3 is 13.7 Å². The Morgan fingerprint density at radius 2 is 0.926 bits per heavy atom. The molecule has 0 amide bonds. The van der Waals surface area contributed by atoms with Crippen LogP contribution in [0.5, 0.6) is 0 Å². The molecule has 11 rings (SSSR count). The largest absolute Gasteiger partial charge is 0.456 e. The van der Waals surface area contributed by atoms with E-state index in [9.17, 15) is 0 Å². The number of hydrogen-bond acceptors (Lipinski definition) is 3. The summed E-state index contributed by atoms with van der Waals surface area (Å²) in [7, 11) is 0. The lowest BCUT2D eigenvalue weighted by Crippen LogP contribution is -2.14. The molecule has 256 valence electrons. The van der Waals surface area contributed by atoms with Crippen molar-refractivity contribution in [2.75, 3.05) is 4.90 Å². The molecular formula is C51H35NO2. The zero-order chi connectivity index (χ0) is 36.0. The Kier molecular flexibility index (Phi) is 6.60. The lowest BCUT2D eigenvalue weighted by molar-refractivity contribution is 0.660. The number of anilines is 3. The Balaban J connectivity index is 1.09. The molecular weight excluding hydrogens is 659 g/mol. The highest BCUT2D eigenvalue weighted by molar-refractivity contribution is 6.07. The topological polar surface area (TPSA) is 29.5 Å². The highest BCUT2D eigenvalue weighted by atomic mass is 16.3. The molecule has 1 aliphatic rings. The van der Waals surface area contributed by atoms with Gasteiger partial charge in [0.1, 0.15) is 22.3 Å². The van der Waals surface area contributed by atoms with Gasteiger partial charge in [0.05, 0.1) is 5.69 Å². The number of benzene rings is 8. The van der Waals surface area contributed by atoms with Gasteiger partial charge in [0.25, 0.3) is 0 Å². The summed E-state index contributed by atoms with van der Waals surface area (Å²) in [5, 5.41) is 4.51. The van der Waals surface area contributed by atoms with Gasteiger partial charge in [-0.2, -0.15) is 0 Å². The van der Waals surface area contributed by atoms with Crippen LogP contribution in [0.3, 0.4) is 0 Å². The van der Waals surface area contributed by atoms with Crippen LogP contribution in [0.1, 0.15) is 25.0 Å². The first kappa shape index (κ1) is 30.8. The van der Waals surface area contributed by atoms with Crippen LogP contribution in [0.25, 0.3) is 77.3 Å². The summed E-state index contributed by atoms with van der Waals surface area (Å²) in [5.74, 6) is 0. The van der Waals surface area contributed by atoms with E-state index in [4.69, 9.17) is 8.83 Å². The minimum Gasteiger partial charge on any atom is -0.456 e. The smallest absolute Gasteiger partial charge is 0.137 e. The van der Waals surface area contributed by atoms with Crippen molar-refractivity contribution in [1.29, 1.82) is 0 Å². The molecule has 0 aliphatic heterocycles. The van der Waals surface area contributed by atoms with Gasteiger partial charge >= 0.3 is 0 Å². The van der Waals surface area contributed by atoms with Crippen molar-refractivity contribution in [1.82, 2.24) is 0 Å². The Bertz CT molecular complexity index is 3090. The van der Waals surface area contributed by atoms with Gasteiger partial charge in [0.15, 0.2) is 0 Å². The minimum absolute atomic E-state index is 0.0931. The fraction of sp³-hybridized carbons (Fsp3) is 0.0588. The minimum atomic E-state index is -0.0931. The molecule has 0 spiro atoms. The SMILES string of the molecule is CC1(C)c2ccccc2-c2c(-c3ccccc3N(c3ccc(-c4ccc5c(c4)oc4ccccc45)cc3)c3ccc4c(c3)oc3ccccc34)cccc21. The third-order valence-electron chi connectivity index (χ3n) is 11.5. The van der Waals surface area contributed by atoms with Gasteiger partial charge in [-0.05, 0) is 93.5 Å². The lowest BCUT2D eigenvalue weighted by Gasteiger charge is -2.29. The summed E-state index contributed by atoms with van der Waals surface area (Å²) in [6.45, 7) is 4.69. The van der Waals surface area contributed by atoms with Gasteiger partial charge in [-0.15, -0.1) is 0 Å². The van der Waals surface area contributed by atoms with Crippen molar-refractivity contribution in [2.45, 2.75) is 19.3 Å². The molecule has 3 nitrogen and oxygen atoms in total. The second-order valence-electron chi connectivity index (χ2n) is 14.9. The van der Waals surface area contributed by atoms with Crippen LogP contribution in [0.15, 0.2) is 185 Å². The summed E-state index contributed by atoms with van der Waals surface area (Å²) >= 11 is 0. The van der Waals surface area contributed by atoms with Crippen LogP contribution in [-0.2, 0) is 5.41 Å². The molecule has 0 saturated heterocycles. The quantitative estimate of drug-likeness (QED) is 0.180. The average molecular weight is 694 g/mol. The molecule has 0 saturated carbocycles. The molecule has 54 heavy (non-hydrogen) atoms. The monoisotopic (exact) mass is 693 g/mol. The highest BCUT2D eigenvalue weighted by Crippen LogP contribution is 2.54. The van der Waals surface area contributed by atoms with Crippen molar-refractivity contribution in [3.05, 3.63) is 187 Å². The predicted octanol–water partition coefficient (Wildman–Crippen LogP) is 14.6. The van der Waals surface area contributed by atoms with Gasteiger partial charge in [-0.3, -0.25) is 0 Å². The van der Waals surface area contributed by atoms with Crippen LogP contribution in [0, 0.1) is 0 Å². The maximum Gasteiger partial charge on any atom is 0.137 e. The number of fused-ring (bicyclic) bond motifs is 9. The number of furan rings is 2. The molecule has 0 radical (unpaired) electrons. The molecule has 10 aromatic rings. The van der Waals surface area contributed by atoms with Gasteiger partial charge in [-0.1, -0.05) is 129 Å². The number of para-hydroxylation sites is 3. The normalized spacial score (nSPS) is 13.1. The van der Waals surface area contributed by atoms with Crippen molar-refractivity contribution in [3.8, 4) is 33.4 Å². The third kappa shape index (κ3) is 4.55. The highest BCUT2D eigenvalue weighted by Gasteiger charge is 2.37. The van der Waals surface area contributed by atoms with Crippen molar-refractivity contribution in [2.24, 2.45) is 0 Å². The molecule has 0 unspecified atom stereocenters. The summed E-state index contributed by atoms with van der Waals surface area (Å²) in [6.07, 6.45) is 0. The second-order valence-corrected chi connectivity index (χ2v) is 14.9. The van der Waals surface area contributed by atoms with E-state index in [0.29, 0.717) is 0 Å². The van der Waals surface area contributed by atoms with Crippen LogP contribution >= 0.6 is 0 Å². The first-order valence-corrected chi connectivity index (χ1v) is 18.6. The van der Waals surface area contributed by atoms with E-state index in [0.717, 1.165) is 72.1 Å². The summed E-state index contributed by atoms with van der Waals surface area (Å²) in [4.78, 5) is 2.37. The third-order valence-corrected chi connectivity index (χ3v) is 11.5. The summed E-state index contributed by atoms with van der Waals surface area (Å²) in [5.41, 5.74) is 16.6. The van der Waals surface area contributed by atoms with E-state index in [2.05, 4.69) is 170 Å². The zero-order valence-electron chi connectivity index (χ0n) is 30.0. The first-order chi connectivity index (χ1) is 26.5.